The number of nitrogens with zero attached hydrogens (tertiary/aromatic N) is 6. The fourth-order valence-electron chi connectivity index (χ4n) is 3.45. The van der Waals surface area contributed by atoms with Crippen LogP contribution in [0.2, 0.25) is 0 Å². The van der Waals surface area contributed by atoms with Gasteiger partial charge in [0.25, 0.3) is 0 Å². The number of rotatable bonds is 6. The normalized spacial score (nSPS) is 19.6. The summed E-state index contributed by atoms with van der Waals surface area (Å²) in [5.41, 5.74) is -0.968. The van der Waals surface area contributed by atoms with E-state index in [2.05, 4.69) is 47.0 Å². The van der Waals surface area contributed by atoms with E-state index in [4.69, 9.17) is 0 Å². The van der Waals surface area contributed by atoms with E-state index in [0.717, 1.165) is 44.3 Å². The lowest BCUT2D eigenvalue weighted by Crippen LogP contribution is -2.49. The molecule has 8 nitrogen and oxygen atoms in total. The number of piperidine rings is 1. The number of anilines is 1. The van der Waals surface area contributed by atoms with Crippen molar-refractivity contribution in [3.63, 3.8) is 0 Å². The summed E-state index contributed by atoms with van der Waals surface area (Å²) in [6, 6.07) is 1.16. The number of aromatic nitrogens is 4. The first-order valence-electron chi connectivity index (χ1n) is 10.0. The Balaban J connectivity index is 0.00000341. The molecule has 2 N–H and O–H groups in total. The van der Waals surface area contributed by atoms with Crippen LogP contribution in [0.1, 0.15) is 32.0 Å². The van der Waals surface area contributed by atoms with E-state index in [1.54, 1.807) is 6.20 Å². The Kier molecular flexibility index (Phi) is 9.32. The highest BCUT2D eigenvalue weighted by atomic mass is 127. The summed E-state index contributed by atoms with van der Waals surface area (Å²) in [6.45, 7) is 7.38. The molecule has 2 aromatic rings. The van der Waals surface area contributed by atoms with Crippen LogP contribution in [-0.2, 0) is 6.18 Å². The molecule has 2 atom stereocenters. The summed E-state index contributed by atoms with van der Waals surface area (Å²) in [6.07, 6.45) is 3.24. The average Bonchev–Trinajstić information content (AvgIpc) is 3.25. The first-order valence-corrected chi connectivity index (χ1v) is 10.0. The lowest BCUT2D eigenvalue weighted by Gasteiger charge is -2.39. The highest BCUT2D eigenvalue weighted by Crippen LogP contribution is 2.28. The van der Waals surface area contributed by atoms with Crippen molar-refractivity contribution in [2.75, 3.05) is 38.0 Å². The molecule has 2 unspecified atom stereocenters. The van der Waals surface area contributed by atoms with Crippen LogP contribution in [0.3, 0.4) is 0 Å². The van der Waals surface area contributed by atoms with Gasteiger partial charge in [-0.1, -0.05) is 6.92 Å². The van der Waals surface area contributed by atoms with Crippen molar-refractivity contribution in [1.29, 1.82) is 0 Å². The van der Waals surface area contributed by atoms with Crippen molar-refractivity contribution in [1.82, 2.24) is 29.7 Å². The van der Waals surface area contributed by atoms with Gasteiger partial charge >= 0.3 is 6.18 Å². The van der Waals surface area contributed by atoms with Crippen molar-refractivity contribution < 1.29 is 13.2 Å². The van der Waals surface area contributed by atoms with Crippen LogP contribution in [0.25, 0.3) is 0 Å². The molecule has 12 heteroatoms. The van der Waals surface area contributed by atoms with Crippen LogP contribution in [0, 0.1) is 5.92 Å². The van der Waals surface area contributed by atoms with Crippen LogP contribution in [0.15, 0.2) is 36.0 Å². The highest BCUT2D eigenvalue weighted by molar-refractivity contribution is 14.0. The van der Waals surface area contributed by atoms with Gasteiger partial charge in [-0.2, -0.15) is 13.2 Å². The third kappa shape index (κ3) is 6.94. The van der Waals surface area contributed by atoms with Crippen LogP contribution < -0.4 is 10.6 Å². The molecule has 172 valence electrons. The fourth-order valence-corrected chi connectivity index (χ4v) is 3.45. The molecule has 1 fully saturated rings. The second-order valence-corrected chi connectivity index (χ2v) is 7.21. The highest BCUT2D eigenvalue weighted by Gasteiger charge is 2.32. The molecule has 1 aliphatic heterocycles. The Hall–Kier alpha value is -2.12. The minimum Gasteiger partial charge on any atom is -0.357 e. The molecular weight excluding hydrogens is 524 g/mol. The molecule has 0 aliphatic carbocycles. The maximum Gasteiger partial charge on any atom is 0.433 e. The Morgan fingerprint density at radius 3 is 2.81 bits per heavy atom. The van der Waals surface area contributed by atoms with Gasteiger partial charge < -0.3 is 20.1 Å². The largest absolute Gasteiger partial charge is 0.433 e. The van der Waals surface area contributed by atoms with Gasteiger partial charge in [0.05, 0.1) is 18.9 Å². The zero-order chi connectivity index (χ0) is 21.6. The van der Waals surface area contributed by atoms with E-state index in [9.17, 15) is 13.2 Å². The summed E-state index contributed by atoms with van der Waals surface area (Å²) in [4.78, 5) is 18.3. The molecule has 3 heterocycles. The third-order valence-corrected chi connectivity index (χ3v) is 5.06. The first-order chi connectivity index (χ1) is 14.4. The molecule has 0 spiro atoms. The molecule has 0 amide bonds. The molecular formula is C19H28F3IN8. The number of aliphatic imine (C=N–C) groups is 1. The third-order valence-electron chi connectivity index (χ3n) is 5.06. The number of guanidine groups is 1. The van der Waals surface area contributed by atoms with Gasteiger partial charge in [0, 0.05) is 44.8 Å². The Labute approximate surface area is 196 Å². The number of alkyl halides is 3. The SMILES string of the molecule is CCNC(=NCCNc1nccc(C(F)(F)F)n1)N1CCC(C)C(n2ccnc2)C1.I. The summed E-state index contributed by atoms with van der Waals surface area (Å²) in [7, 11) is 0. The summed E-state index contributed by atoms with van der Waals surface area (Å²) in [5.74, 6) is 1.26. The second-order valence-electron chi connectivity index (χ2n) is 7.21. The maximum absolute atomic E-state index is 12.8. The van der Waals surface area contributed by atoms with E-state index in [-0.39, 0.29) is 29.9 Å². The van der Waals surface area contributed by atoms with Crippen molar-refractivity contribution >= 4 is 35.9 Å². The number of nitrogens with one attached hydrogen (secondary N) is 2. The van der Waals surface area contributed by atoms with Gasteiger partial charge in [0.2, 0.25) is 5.95 Å². The van der Waals surface area contributed by atoms with Gasteiger partial charge in [-0.3, -0.25) is 4.99 Å². The van der Waals surface area contributed by atoms with E-state index >= 15 is 0 Å². The minimum absolute atomic E-state index is 0. The topological polar surface area (TPSA) is 83.3 Å². The number of halogens is 4. The summed E-state index contributed by atoms with van der Waals surface area (Å²) >= 11 is 0. The zero-order valence-electron chi connectivity index (χ0n) is 17.5. The van der Waals surface area contributed by atoms with Gasteiger partial charge in [-0.05, 0) is 25.3 Å². The lowest BCUT2D eigenvalue weighted by molar-refractivity contribution is -0.141. The van der Waals surface area contributed by atoms with E-state index in [1.807, 2.05) is 19.4 Å². The lowest BCUT2D eigenvalue weighted by atomic mass is 9.93. The van der Waals surface area contributed by atoms with Crippen LogP contribution in [-0.4, -0.2) is 63.1 Å². The molecule has 1 saturated heterocycles. The van der Waals surface area contributed by atoms with E-state index < -0.39 is 11.9 Å². The smallest absolute Gasteiger partial charge is 0.357 e. The molecule has 31 heavy (non-hydrogen) atoms. The molecule has 0 saturated carbocycles. The Morgan fingerprint density at radius 1 is 1.32 bits per heavy atom. The van der Waals surface area contributed by atoms with Gasteiger partial charge in [0.1, 0.15) is 5.69 Å². The quantitative estimate of drug-likeness (QED) is 0.248. The average molecular weight is 552 g/mol. The van der Waals surface area contributed by atoms with Crippen molar-refractivity contribution in [2.45, 2.75) is 32.5 Å². The van der Waals surface area contributed by atoms with Gasteiger partial charge in [-0.15, -0.1) is 24.0 Å². The van der Waals surface area contributed by atoms with Crippen molar-refractivity contribution in [2.24, 2.45) is 10.9 Å². The first kappa shape index (κ1) is 25.1. The number of likely N-dealkylation sites (tertiary alicyclic amines) is 1. The van der Waals surface area contributed by atoms with Gasteiger partial charge in [0.15, 0.2) is 5.96 Å². The standard InChI is InChI=1S/C19H27F3N8.HI/c1-3-24-18(29-10-5-14(2)15(12-29)30-11-9-23-13-30)27-8-7-26-17-25-6-4-16(28-17)19(20,21)22;/h4,6,9,11,13-15H,3,5,7-8,10,12H2,1-2H3,(H,24,27)(H,25,26,28);1H. The molecule has 1 aliphatic rings. The van der Waals surface area contributed by atoms with Crippen LogP contribution in [0.4, 0.5) is 19.1 Å². The second kappa shape index (κ2) is 11.5. The molecule has 2 aromatic heterocycles. The fraction of sp³-hybridized carbons (Fsp3) is 0.579. The summed E-state index contributed by atoms with van der Waals surface area (Å²) in [5, 5.41) is 6.11. The summed E-state index contributed by atoms with van der Waals surface area (Å²) < 4.78 is 40.4. The molecule has 0 aromatic carbocycles. The minimum atomic E-state index is -4.49. The predicted octanol–water partition coefficient (Wildman–Crippen LogP) is 3.27. The van der Waals surface area contributed by atoms with Crippen LogP contribution in [0.5, 0.6) is 0 Å². The van der Waals surface area contributed by atoms with Gasteiger partial charge in [-0.25, -0.2) is 15.0 Å². The Morgan fingerprint density at radius 2 is 2.13 bits per heavy atom. The van der Waals surface area contributed by atoms with Crippen molar-refractivity contribution in [3.8, 4) is 0 Å². The number of imidazole rings is 1. The van der Waals surface area contributed by atoms with E-state index in [1.165, 1.54) is 0 Å². The zero-order valence-corrected chi connectivity index (χ0v) is 19.8. The molecule has 0 bridgehead atoms. The monoisotopic (exact) mass is 552 g/mol. The molecule has 3 rings (SSSR count). The van der Waals surface area contributed by atoms with Crippen LogP contribution >= 0.6 is 24.0 Å². The number of hydrogen-bond donors (Lipinski definition) is 2. The molecule has 0 radical (unpaired) electrons. The predicted molar refractivity (Wildman–Crippen MR) is 124 cm³/mol. The number of hydrogen-bond acceptors (Lipinski definition) is 5. The Bertz CT molecular complexity index is 828. The maximum atomic E-state index is 12.8. The van der Waals surface area contributed by atoms with Crippen molar-refractivity contribution in [3.05, 3.63) is 36.7 Å². The van der Waals surface area contributed by atoms with E-state index in [0.29, 0.717) is 25.0 Å².